The summed E-state index contributed by atoms with van der Waals surface area (Å²) in [6.45, 7) is 2.79. The van der Waals surface area contributed by atoms with Gasteiger partial charge in [0.15, 0.2) is 0 Å². The van der Waals surface area contributed by atoms with Crippen LogP contribution in [0.4, 0.5) is 0 Å². The van der Waals surface area contributed by atoms with Crippen LogP contribution in [-0.4, -0.2) is 15.1 Å². The van der Waals surface area contributed by atoms with Gasteiger partial charge < -0.3 is 22.1 Å². The van der Waals surface area contributed by atoms with Crippen molar-refractivity contribution in [3.63, 3.8) is 0 Å². The van der Waals surface area contributed by atoms with Gasteiger partial charge in [0, 0.05) is 56.7 Å². The van der Waals surface area contributed by atoms with Gasteiger partial charge in [-0.3, -0.25) is 0 Å². The second-order valence-electron chi connectivity index (χ2n) is 3.20. The third-order valence-corrected chi connectivity index (χ3v) is 2.23. The van der Waals surface area contributed by atoms with Gasteiger partial charge in [-0.1, -0.05) is 7.43 Å². The molecule has 6 heteroatoms. The fourth-order valence-corrected chi connectivity index (χ4v) is 1.58. The zero-order chi connectivity index (χ0) is 12.1. The summed E-state index contributed by atoms with van der Waals surface area (Å²) in [5, 5.41) is 15.9. The summed E-state index contributed by atoms with van der Waals surface area (Å²) in [5.41, 5.74) is 3.03. The normalized spacial score (nSPS) is 8.37. The van der Waals surface area contributed by atoms with Gasteiger partial charge in [0.25, 0.3) is 0 Å². The molecule has 0 amide bonds. The van der Waals surface area contributed by atoms with E-state index in [1.165, 1.54) is 6.07 Å². The van der Waals surface area contributed by atoms with Crippen LogP contribution in [0, 0.1) is 18.3 Å². The van der Waals surface area contributed by atoms with E-state index in [4.69, 9.17) is 5.26 Å². The molecular formula is C13H13N5Y-2. The summed E-state index contributed by atoms with van der Waals surface area (Å²) in [7, 11) is 0. The van der Waals surface area contributed by atoms with Gasteiger partial charge in [0.2, 0.25) is 0 Å². The molecule has 1 radical (unpaired) electrons. The molecule has 0 aliphatic heterocycles. The Hall–Kier alpha value is -1.64. The number of aromatic nitrogens is 4. The topological polar surface area (TPSA) is 79.5 Å². The monoisotopic (exact) mass is 328 g/mol. The van der Waals surface area contributed by atoms with Crippen molar-refractivity contribution >= 4 is 11.0 Å². The molecule has 0 aliphatic rings. The minimum absolute atomic E-state index is 0. The number of nitriles is 1. The number of hydrogen-bond donors (Lipinski definition) is 1. The first-order chi connectivity index (χ1) is 8.36. The Morgan fingerprint density at radius 3 is 2.74 bits per heavy atom. The van der Waals surface area contributed by atoms with Crippen molar-refractivity contribution in [3.05, 3.63) is 43.8 Å². The van der Waals surface area contributed by atoms with E-state index in [1.54, 1.807) is 18.6 Å². The average molecular weight is 328 g/mol. The molecule has 0 fully saturated rings. The van der Waals surface area contributed by atoms with E-state index in [-0.39, 0.29) is 40.1 Å². The Morgan fingerprint density at radius 1 is 1.37 bits per heavy atom. The average Bonchev–Trinajstić information content (AvgIpc) is 3.01. The first-order valence-corrected chi connectivity index (χ1v) is 4.89. The van der Waals surface area contributed by atoms with Gasteiger partial charge in [-0.15, -0.1) is 6.07 Å². The quantitative estimate of drug-likeness (QED) is 0.696. The summed E-state index contributed by atoms with van der Waals surface area (Å²) in [6.07, 6.45) is 7.16. The van der Waals surface area contributed by atoms with Crippen molar-refractivity contribution in [3.8, 4) is 17.2 Å². The zero-order valence-electron chi connectivity index (χ0n) is 9.54. The number of nitrogens with one attached hydrogen (secondary N) is 1. The second kappa shape index (κ2) is 8.46. The summed E-state index contributed by atoms with van der Waals surface area (Å²) in [4.78, 5) is 7.29. The smallest absolute Gasteiger partial charge is 0.137 e. The van der Waals surface area contributed by atoms with Crippen molar-refractivity contribution in [2.45, 2.75) is 7.43 Å². The third kappa shape index (κ3) is 3.92. The van der Waals surface area contributed by atoms with Crippen LogP contribution >= 0.6 is 0 Å². The second-order valence-corrected chi connectivity index (χ2v) is 3.20. The van der Waals surface area contributed by atoms with Gasteiger partial charge in [-0.2, -0.15) is 6.20 Å². The van der Waals surface area contributed by atoms with Crippen LogP contribution in [0.15, 0.2) is 36.9 Å². The van der Waals surface area contributed by atoms with E-state index >= 15 is 0 Å². The van der Waals surface area contributed by atoms with Crippen molar-refractivity contribution in [1.82, 2.24) is 20.2 Å². The van der Waals surface area contributed by atoms with Crippen molar-refractivity contribution in [2.24, 2.45) is 0 Å². The Morgan fingerprint density at radius 2 is 2.11 bits per heavy atom. The number of hydrogen-bond acceptors (Lipinski definition) is 3. The maximum Gasteiger partial charge on any atom is 0.137 e. The maximum atomic E-state index is 7.21. The number of H-pyrrole nitrogens is 1. The maximum absolute atomic E-state index is 7.21. The van der Waals surface area contributed by atoms with Crippen molar-refractivity contribution in [2.75, 3.05) is 0 Å². The number of aromatic amines is 1. The molecule has 5 nitrogen and oxygen atoms in total. The van der Waals surface area contributed by atoms with Crippen LogP contribution in [0.5, 0.6) is 0 Å². The van der Waals surface area contributed by atoms with Crippen LogP contribution in [0.2, 0.25) is 0 Å². The van der Waals surface area contributed by atoms with Crippen molar-refractivity contribution in [1.29, 1.82) is 5.26 Å². The number of rotatable bonds is 1. The number of pyridine rings is 1. The van der Waals surface area contributed by atoms with Gasteiger partial charge in [0.05, 0.1) is 0 Å². The molecule has 0 saturated heterocycles. The van der Waals surface area contributed by atoms with Crippen LogP contribution in [0.3, 0.4) is 0 Å². The predicted molar refractivity (Wildman–Crippen MR) is 70.3 cm³/mol. The molecule has 0 aliphatic carbocycles. The Bertz CT molecular complexity index is 636. The van der Waals surface area contributed by atoms with E-state index in [0.29, 0.717) is 0 Å². The molecule has 0 unspecified atom stereocenters. The van der Waals surface area contributed by atoms with Gasteiger partial charge >= 0.3 is 0 Å². The number of nitrogens with zero attached hydrogens (tertiary/aromatic N) is 4. The summed E-state index contributed by atoms with van der Waals surface area (Å²) >= 11 is 0. The van der Waals surface area contributed by atoms with Crippen molar-refractivity contribution < 1.29 is 32.7 Å². The molecule has 3 rings (SSSR count). The molecule has 0 aromatic carbocycles. The molecule has 3 aromatic rings. The van der Waals surface area contributed by atoms with Gasteiger partial charge in [-0.05, 0) is 23.3 Å². The molecule has 0 atom stereocenters. The summed E-state index contributed by atoms with van der Waals surface area (Å²) in [5.74, 6) is 0. The third-order valence-electron chi connectivity index (χ3n) is 2.23. The molecule has 19 heavy (non-hydrogen) atoms. The predicted octanol–water partition coefficient (Wildman–Crippen LogP) is 2.56. The van der Waals surface area contributed by atoms with Crippen LogP contribution in [0.1, 0.15) is 7.43 Å². The molecule has 0 saturated carbocycles. The molecular weight excluding hydrogens is 315 g/mol. The Labute approximate surface area is 137 Å². The van der Waals surface area contributed by atoms with Crippen LogP contribution in [0.25, 0.3) is 22.2 Å². The first-order valence-electron chi connectivity index (χ1n) is 4.89. The molecule has 3 heterocycles. The SMILES string of the molecule is C.[CH2-]C#N.[Y].c1cc(-c2cn[n-]c2)c2cc[nH]c2n1. The first kappa shape index (κ1) is 17.4. The van der Waals surface area contributed by atoms with E-state index in [0.717, 1.165) is 22.2 Å². The molecule has 0 bridgehead atoms. The minimum atomic E-state index is 0. The Kier molecular flexibility index (Phi) is 7.73. The van der Waals surface area contributed by atoms with E-state index in [1.807, 2.05) is 18.3 Å². The van der Waals surface area contributed by atoms with E-state index in [2.05, 4.69) is 27.1 Å². The number of fused-ring (bicyclic) bond motifs is 1. The van der Waals surface area contributed by atoms with Crippen LogP contribution < -0.4 is 5.10 Å². The van der Waals surface area contributed by atoms with E-state index < -0.39 is 0 Å². The molecule has 95 valence electrons. The summed E-state index contributed by atoms with van der Waals surface area (Å²) in [6, 6.07) is 5.47. The standard InChI is InChI=1S/C10H7N4.C2H2N.CH4.Y/c1-3-11-10-9(2-4-12-10)8(1)7-5-13-14-6-7;1-2-3;;/h1-6H,(H-,11,12,13,14);1H2;1H4;/q2*-1;;. The van der Waals surface area contributed by atoms with Gasteiger partial charge in [-0.25, -0.2) is 10.2 Å². The Balaban J connectivity index is 0.000000598. The van der Waals surface area contributed by atoms with E-state index in [9.17, 15) is 0 Å². The molecule has 1 N–H and O–H groups in total. The zero-order valence-corrected chi connectivity index (χ0v) is 12.4. The van der Waals surface area contributed by atoms with Crippen LogP contribution in [-0.2, 0) is 32.7 Å². The molecule has 3 aromatic heterocycles. The molecule has 0 spiro atoms. The largest absolute Gasteiger partial charge is 0.581 e. The fourth-order valence-electron chi connectivity index (χ4n) is 1.58. The van der Waals surface area contributed by atoms with Gasteiger partial charge in [0.1, 0.15) is 5.65 Å². The minimum Gasteiger partial charge on any atom is -0.581 e. The fraction of sp³-hybridized carbons (Fsp3) is 0.0769. The summed E-state index contributed by atoms with van der Waals surface area (Å²) < 4.78 is 0.